The molecule has 0 saturated carbocycles. The Morgan fingerprint density at radius 3 is 3.08 bits per heavy atom. The van der Waals surface area contributed by atoms with E-state index in [2.05, 4.69) is 17.9 Å². The molecule has 1 heterocycles. The van der Waals surface area contributed by atoms with Crippen molar-refractivity contribution >= 4 is 11.6 Å². The Balaban J connectivity index is 2.31. The molecule has 0 N–H and O–H groups in total. The summed E-state index contributed by atoms with van der Waals surface area (Å²) in [6, 6.07) is 2.45. The van der Waals surface area contributed by atoms with Gasteiger partial charge in [0, 0.05) is 11.9 Å². The number of rotatable bonds is 4. The van der Waals surface area contributed by atoms with Gasteiger partial charge in [0.2, 0.25) is 0 Å². The SMILES string of the molecule is CCCC(Cl)CN1CCC[C@H]1C#N. The standard InChI is InChI=1S/C10H17ClN2/c1-2-4-9(11)8-13-6-3-5-10(13)7-12/h9-10H,2-6,8H2,1H3/t9?,10-/m0/s1. The van der Waals surface area contributed by atoms with Crippen molar-refractivity contribution in [2.45, 2.75) is 44.0 Å². The maximum atomic E-state index is 8.84. The topological polar surface area (TPSA) is 27.0 Å². The zero-order valence-corrected chi connectivity index (χ0v) is 8.93. The molecule has 74 valence electrons. The maximum Gasteiger partial charge on any atom is 0.0978 e. The van der Waals surface area contributed by atoms with Gasteiger partial charge in [0.05, 0.1) is 12.1 Å². The van der Waals surface area contributed by atoms with Crippen LogP contribution in [0.25, 0.3) is 0 Å². The molecule has 3 heteroatoms. The Labute approximate surface area is 85.5 Å². The molecule has 1 aliphatic heterocycles. The van der Waals surface area contributed by atoms with Crippen molar-refractivity contribution in [3.05, 3.63) is 0 Å². The lowest BCUT2D eigenvalue weighted by Gasteiger charge is -2.21. The van der Waals surface area contributed by atoms with Gasteiger partial charge in [0.15, 0.2) is 0 Å². The van der Waals surface area contributed by atoms with Crippen LogP contribution in [0.2, 0.25) is 0 Å². The first-order valence-corrected chi connectivity index (χ1v) is 5.49. The van der Waals surface area contributed by atoms with Gasteiger partial charge in [-0.25, -0.2) is 0 Å². The lowest BCUT2D eigenvalue weighted by molar-refractivity contribution is 0.290. The molecule has 2 nitrogen and oxygen atoms in total. The molecular weight excluding hydrogens is 184 g/mol. The highest BCUT2D eigenvalue weighted by Gasteiger charge is 2.25. The molecular formula is C10H17ClN2. The Hall–Kier alpha value is -0.260. The van der Waals surface area contributed by atoms with Crippen molar-refractivity contribution in [2.24, 2.45) is 0 Å². The summed E-state index contributed by atoms with van der Waals surface area (Å²) >= 11 is 6.13. The fourth-order valence-corrected chi connectivity index (χ4v) is 2.25. The normalized spacial score (nSPS) is 25.8. The Bertz CT molecular complexity index is 188. The van der Waals surface area contributed by atoms with E-state index < -0.39 is 0 Å². The van der Waals surface area contributed by atoms with Crippen molar-refractivity contribution in [1.29, 1.82) is 5.26 Å². The molecule has 13 heavy (non-hydrogen) atoms. The van der Waals surface area contributed by atoms with Gasteiger partial charge in [0.1, 0.15) is 0 Å². The second-order valence-electron chi connectivity index (χ2n) is 3.67. The minimum atomic E-state index is 0.123. The predicted octanol–water partition coefficient (Wildman–Crippen LogP) is 2.38. The first-order chi connectivity index (χ1) is 6.27. The van der Waals surface area contributed by atoms with E-state index in [1.54, 1.807) is 0 Å². The monoisotopic (exact) mass is 200 g/mol. The summed E-state index contributed by atoms with van der Waals surface area (Å²) in [6.07, 6.45) is 4.34. The van der Waals surface area contributed by atoms with Crippen LogP contribution in [-0.4, -0.2) is 29.4 Å². The molecule has 0 aromatic heterocycles. The molecule has 0 spiro atoms. The minimum Gasteiger partial charge on any atom is -0.287 e. The van der Waals surface area contributed by atoms with Gasteiger partial charge in [-0.05, 0) is 25.8 Å². The molecule has 0 aliphatic carbocycles. The van der Waals surface area contributed by atoms with E-state index in [4.69, 9.17) is 16.9 Å². The van der Waals surface area contributed by atoms with Gasteiger partial charge >= 0.3 is 0 Å². The maximum absolute atomic E-state index is 8.84. The van der Waals surface area contributed by atoms with Crippen molar-refractivity contribution < 1.29 is 0 Å². The van der Waals surface area contributed by atoms with Crippen LogP contribution in [-0.2, 0) is 0 Å². The number of nitriles is 1. The number of likely N-dealkylation sites (tertiary alicyclic amines) is 1. The van der Waals surface area contributed by atoms with Gasteiger partial charge in [-0.3, -0.25) is 4.90 Å². The quantitative estimate of drug-likeness (QED) is 0.652. The highest BCUT2D eigenvalue weighted by Crippen LogP contribution is 2.18. The lowest BCUT2D eigenvalue weighted by atomic mass is 10.2. The average molecular weight is 201 g/mol. The van der Waals surface area contributed by atoms with Crippen molar-refractivity contribution in [1.82, 2.24) is 4.90 Å². The van der Waals surface area contributed by atoms with Crippen LogP contribution in [0.5, 0.6) is 0 Å². The molecule has 1 saturated heterocycles. The van der Waals surface area contributed by atoms with E-state index in [-0.39, 0.29) is 11.4 Å². The summed E-state index contributed by atoms with van der Waals surface area (Å²) in [4.78, 5) is 2.22. The van der Waals surface area contributed by atoms with Gasteiger partial charge in [0.25, 0.3) is 0 Å². The van der Waals surface area contributed by atoms with E-state index in [1.165, 1.54) is 0 Å². The van der Waals surface area contributed by atoms with Crippen LogP contribution in [0.15, 0.2) is 0 Å². The number of halogens is 1. The van der Waals surface area contributed by atoms with Crippen LogP contribution in [0, 0.1) is 11.3 Å². The largest absolute Gasteiger partial charge is 0.287 e. The van der Waals surface area contributed by atoms with E-state index >= 15 is 0 Å². The van der Waals surface area contributed by atoms with E-state index in [0.717, 1.165) is 38.8 Å². The molecule has 1 rings (SSSR count). The van der Waals surface area contributed by atoms with Crippen molar-refractivity contribution in [3.63, 3.8) is 0 Å². The first kappa shape index (κ1) is 10.8. The Morgan fingerprint density at radius 1 is 1.69 bits per heavy atom. The van der Waals surface area contributed by atoms with Gasteiger partial charge in [-0.1, -0.05) is 13.3 Å². The van der Waals surface area contributed by atoms with E-state index in [1.807, 2.05) is 0 Å². The number of hydrogen-bond donors (Lipinski definition) is 0. The average Bonchev–Trinajstić information content (AvgIpc) is 2.52. The Kier molecular flexibility index (Phi) is 4.55. The zero-order chi connectivity index (χ0) is 9.68. The summed E-state index contributed by atoms with van der Waals surface area (Å²) in [5.74, 6) is 0. The highest BCUT2D eigenvalue weighted by molar-refractivity contribution is 6.20. The summed E-state index contributed by atoms with van der Waals surface area (Å²) in [7, 11) is 0. The third-order valence-corrected chi connectivity index (χ3v) is 2.90. The molecule has 1 aliphatic rings. The molecule has 0 bridgehead atoms. The second kappa shape index (κ2) is 5.47. The molecule has 2 atom stereocenters. The van der Waals surface area contributed by atoms with Crippen LogP contribution in [0.3, 0.4) is 0 Å². The lowest BCUT2D eigenvalue weighted by Crippen LogP contribution is -2.33. The first-order valence-electron chi connectivity index (χ1n) is 5.05. The fraction of sp³-hybridized carbons (Fsp3) is 0.900. The third-order valence-electron chi connectivity index (χ3n) is 2.55. The number of alkyl halides is 1. The zero-order valence-electron chi connectivity index (χ0n) is 8.17. The molecule has 0 aromatic carbocycles. The molecule has 0 amide bonds. The molecule has 1 fully saturated rings. The van der Waals surface area contributed by atoms with Crippen LogP contribution >= 0.6 is 11.6 Å². The van der Waals surface area contributed by atoms with Crippen molar-refractivity contribution in [3.8, 4) is 6.07 Å². The summed E-state index contributed by atoms with van der Waals surface area (Å²) < 4.78 is 0. The van der Waals surface area contributed by atoms with E-state index in [0.29, 0.717) is 0 Å². The molecule has 0 aromatic rings. The molecule has 0 radical (unpaired) electrons. The molecule has 1 unspecified atom stereocenters. The smallest absolute Gasteiger partial charge is 0.0978 e. The van der Waals surface area contributed by atoms with Gasteiger partial charge < -0.3 is 0 Å². The highest BCUT2D eigenvalue weighted by atomic mass is 35.5. The third kappa shape index (κ3) is 3.17. The minimum absolute atomic E-state index is 0.123. The fourth-order valence-electron chi connectivity index (χ4n) is 1.85. The predicted molar refractivity (Wildman–Crippen MR) is 54.8 cm³/mol. The summed E-state index contributed by atoms with van der Waals surface area (Å²) in [5.41, 5.74) is 0. The van der Waals surface area contributed by atoms with Crippen LogP contribution in [0.1, 0.15) is 32.6 Å². The van der Waals surface area contributed by atoms with Gasteiger partial charge in [-0.2, -0.15) is 5.26 Å². The van der Waals surface area contributed by atoms with Gasteiger partial charge in [-0.15, -0.1) is 11.6 Å². The van der Waals surface area contributed by atoms with Crippen LogP contribution in [0.4, 0.5) is 0 Å². The summed E-state index contributed by atoms with van der Waals surface area (Å²) in [6.45, 7) is 4.07. The van der Waals surface area contributed by atoms with Crippen LogP contribution < -0.4 is 0 Å². The summed E-state index contributed by atoms with van der Waals surface area (Å²) in [5, 5.41) is 9.07. The number of hydrogen-bond acceptors (Lipinski definition) is 2. The second-order valence-corrected chi connectivity index (χ2v) is 4.29. The van der Waals surface area contributed by atoms with Crippen molar-refractivity contribution in [2.75, 3.05) is 13.1 Å². The Morgan fingerprint density at radius 2 is 2.46 bits per heavy atom. The van der Waals surface area contributed by atoms with E-state index in [9.17, 15) is 0 Å². The number of nitrogens with zero attached hydrogens (tertiary/aromatic N) is 2.